The molecule has 1 N–H and O–H groups in total. The van der Waals surface area contributed by atoms with Gasteiger partial charge in [-0.2, -0.15) is 0 Å². The second kappa shape index (κ2) is 7.41. The number of rotatable bonds is 8. The third-order valence-corrected chi connectivity index (χ3v) is 2.52. The second-order valence-corrected chi connectivity index (χ2v) is 3.98. The van der Waals surface area contributed by atoms with Crippen molar-refractivity contribution in [2.45, 2.75) is 39.8 Å². The van der Waals surface area contributed by atoms with Crippen molar-refractivity contribution in [1.82, 2.24) is 14.9 Å². The lowest BCUT2D eigenvalue weighted by Gasteiger charge is -2.16. The van der Waals surface area contributed by atoms with E-state index < -0.39 is 0 Å². The van der Waals surface area contributed by atoms with Crippen LogP contribution >= 0.6 is 0 Å². The molecule has 4 nitrogen and oxygen atoms in total. The zero-order valence-corrected chi connectivity index (χ0v) is 10.6. The van der Waals surface area contributed by atoms with Gasteiger partial charge in [-0.25, -0.2) is 4.98 Å². The summed E-state index contributed by atoms with van der Waals surface area (Å²) in [5, 5.41) is 3.39. The maximum absolute atomic E-state index is 5.43. The number of aromatic nitrogens is 2. The van der Waals surface area contributed by atoms with Crippen LogP contribution in [0, 0.1) is 0 Å². The van der Waals surface area contributed by atoms with Crippen LogP contribution in [0.15, 0.2) is 12.5 Å². The van der Waals surface area contributed by atoms with E-state index in [1.807, 2.05) is 19.4 Å². The molecule has 0 amide bonds. The largest absolute Gasteiger partial charge is 0.380 e. The Morgan fingerprint density at radius 3 is 3.00 bits per heavy atom. The number of imidazole rings is 1. The Bertz CT molecular complexity index is 286. The first kappa shape index (κ1) is 13.2. The average Bonchev–Trinajstić information content (AvgIpc) is 2.74. The van der Waals surface area contributed by atoms with Gasteiger partial charge >= 0.3 is 0 Å². The summed E-state index contributed by atoms with van der Waals surface area (Å²) < 4.78 is 7.61. The third-order valence-electron chi connectivity index (χ3n) is 2.52. The molecule has 0 spiro atoms. The van der Waals surface area contributed by atoms with Crippen molar-refractivity contribution < 1.29 is 4.74 Å². The van der Waals surface area contributed by atoms with E-state index in [0.717, 1.165) is 32.7 Å². The summed E-state index contributed by atoms with van der Waals surface area (Å²) in [7, 11) is 0. The van der Waals surface area contributed by atoms with Crippen molar-refractivity contribution >= 4 is 0 Å². The monoisotopic (exact) mass is 225 g/mol. The normalized spacial score (nSPS) is 12.9. The molecule has 0 bridgehead atoms. The number of nitrogens with zero attached hydrogens (tertiary/aromatic N) is 2. The van der Waals surface area contributed by atoms with Crippen molar-refractivity contribution in [2.24, 2.45) is 0 Å². The molecule has 4 heteroatoms. The molecule has 0 aliphatic heterocycles. The SMILES string of the molecule is CCCNCc1cncn1C(C)COCC. The highest BCUT2D eigenvalue weighted by atomic mass is 16.5. The van der Waals surface area contributed by atoms with E-state index in [0.29, 0.717) is 6.04 Å². The Labute approximate surface area is 98.0 Å². The molecule has 0 aliphatic rings. The van der Waals surface area contributed by atoms with E-state index >= 15 is 0 Å². The highest BCUT2D eigenvalue weighted by Crippen LogP contribution is 2.10. The van der Waals surface area contributed by atoms with E-state index in [2.05, 4.69) is 28.7 Å². The van der Waals surface area contributed by atoms with Gasteiger partial charge in [0.2, 0.25) is 0 Å². The standard InChI is InChI=1S/C12H23N3O/c1-4-6-13-7-12-8-14-10-15(12)11(3)9-16-5-2/h8,10-11,13H,4-7,9H2,1-3H3. The molecule has 0 aromatic carbocycles. The fourth-order valence-corrected chi connectivity index (χ4v) is 1.63. The van der Waals surface area contributed by atoms with Crippen molar-refractivity contribution in [3.05, 3.63) is 18.2 Å². The summed E-state index contributed by atoms with van der Waals surface area (Å²) in [6.07, 6.45) is 4.96. The highest BCUT2D eigenvalue weighted by molar-refractivity contribution is 4.99. The number of ether oxygens (including phenoxy) is 1. The first-order valence-electron chi connectivity index (χ1n) is 6.08. The fraction of sp³-hybridized carbons (Fsp3) is 0.750. The topological polar surface area (TPSA) is 39.1 Å². The van der Waals surface area contributed by atoms with E-state index in [4.69, 9.17) is 4.74 Å². The van der Waals surface area contributed by atoms with Crippen LogP contribution in [-0.4, -0.2) is 29.3 Å². The summed E-state index contributed by atoms with van der Waals surface area (Å²) in [4.78, 5) is 4.20. The first-order chi connectivity index (χ1) is 7.79. The minimum atomic E-state index is 0.348. The van der Waals surface area contributed by atoms with Crippen LogP contribution in [0.25, 0.3) is 0 Å². The first-order valence-corrected chi connectivity index (χ1v) is 6.08. The molecule has 0 radical (unpaired) electrons. The lowest BCUT2D eigenvalue weighted by Crippen LogP contribution is -2.20. The molecule has 0 saturated carbocycles. The number of hydrogen-bond donors (Lipinski definition) is 1. The van der Waals surface area contributed by atoms with Crippen LogP contribution < -0.4 is 5.32 Å². The molecular formula is C12H23N3O. The molecule has 92 valence electrons. The predicted molar refractivity (Wildman–Crippen MR) is 65.4 cm³/mol. The van der Waals surface area contributed by atoms with Crippen LogP contribution in [0.4, 0.5) is 0 Å². The van der Waals surface area contributed by atoms with Gasteiger partial charge in [0.15, 0.2) is 0 Å². The fourth-order valence-electron chi connectivity index (χ4n) is 1.63. The number of hydrogen-bond acceptors (Lipinski definition) is 3. The van der Waals surface area contributed by atoms with Crippen molar-refractivity contribution in [2.75, 3.05) is 19.8 Å². The van der Waals surface area contributed by atoms with Gasteiger partial charge in [0.1, 0.15) is 0 Å². The Morgan fingerprint density at radius 1 is 1.50 bits per heavy atom. The minimum absolute atomic E-state index is 0.348. The molecule has 1 atom stereocenters. The summed E-state index contributed by atoms with van der Waals surface area (Å²) in [6.45, 7) is 9.78. The van der Waals surface area contributed by atoms with Crippen LogP contribution in [0.2, 0.25) is 0 Å². The lowest BCUT2D eigenvalue weighted by molar-refractivity contribution is 0.118. The molecule has 16 heavy (non-hydrogen) atoms. The van der Waals surface area contributed by atoms with Crippen LogP contribution in [-0.2, 0) is 11.3 Å². The smallest absolute Gasteiger partial charge is 0.0951 e. The van der Waals surface area contributed by atoms with Gasteiger partial charge in [-0.05, 0) is 26.8 Å². The zero-order valence-electron chi connectivity index (χ0n) is 10.6. The molecule has 0 aliphatic carbocycles. The van der Waals surface area contributed by atoms with Gasteiger partial charge < -0.3 is 14.6 Å². The molecule has 1 rings (SSSR count). The van der Waals surface area contributed by atoms with E-state index in [-0.39, 0.29) is 0 Å². The van der Waals surface area contributed by atoms with Crippen LogP contribution in [0.5, 0.6) is 0 Å². The van der Waals surface area contributed by atoms with Gasteiger partial charge in [-0.3, -0.25) is 0 Å². The van der Waals surface area contributed by atoms with Crippen molar-refractivity contribution in [3.8, 4) is 0 Å². The quantitative estimate of drug-likeness (QED) is 0.688. The Balaban J connectivity index is 2.48. The Morgan fingerprint density at radius 2 is 2.31 bits per heavy atom. The Hall–Kier alpha value is -0.870. The molecule has 1 unspecified atom stereocenters. The molecule has 0 saturated heterocycles. The van der Waals surface area contributed by atoms with E-state index in [9.17, 15) is 0 Å². The van der Waals surface area contributed by atoms with E-state index in [1.165, 1.54) is 5.69 Å². The minimum Gasteiger partial charge on any atom is -0.380 e. The van der Waals surface area contributed by atoms with E-state index in [1.54, 1.807) is 0 Å². The molecule has 1 heterocycles. The third kappa shape index (κ3) is 3.94. The molecule has 0 fully saturated rings. The summed E-state index contributed by atoms with van der Waals surface area (Å²) in [5.41, 5.74) is 1.22. The van der Waals surface area contributed by atoms with Gasteiger partial charge in [0, 0.05) is 19.3 Å². The maximum Gasteiger partial charge on any atom is 0.0951 e. The van der Waals surface area contributed by atoms with Crippen molar-refractivity contribution in [1.29, 1.82) is 0 Å². The molecule has 1 aromatic rings. The maximum atomic E-state index is 5.43. The summed E-state index contributed by atoms with van der Waals surface area (Å²) in [5.74, 6) is 0. The zero-order chi connectivity index (χ0) is 11.8. The van der Waals surface area contributed by atoms with Crippen LogP contribution in [0.3, 0.4) is 0 Å². The van der Waals surface area contributed by atoms with Gasteiger partial charge in [-0.1, -0.05) is 6.92 Å². The summed E-state index contributed by atoms with van der Waals surface area (Å²) in [6, 6.07) is 0.348. The Kier molecular flexibility index (Phi) is 6.11. The highest BCUT2D eigenvalue weighted by Gasteiger charge is 2.08. The van der Waals surface area contributed by atoms with Crippen LogP contribution in [0.1, 0.15) is 38.9 Å². The van der Waals surface area contributed by atoms with Gasteiger partial charge in [-0.15, -0.1) is 0 Å². The van der Waals surface area contributed by atoms with Gasteiger partial charge in [0.05, 0.1) is 24.7 Å². The molecular weight excluding hydrogens is 202 g/mol. The second-order valence-electron chi connectivity index (χ2n) is 3.98. The molecule has 1 aromatic heterocycles. The summed E-state index contributed by atoms with van der Waals surface area (Å²) >= 11 is 0. The van der Waals surface area contributed by atoms with Crippen molar-refractivity contribution in [3.63, 3.8) is 0 Å². The predicted octanol–water partition coefficient (Wildman–Crippen LogP) is 1.98. The average molecular weight is 225 g/mol. The van der Waals surface area contributed by atoms with Gasteiger partial charge in [0.25, 0.3) is 0 Å². The number of nitrogens with one attached hydrogen (secondary N) is 1. The lowest BCUT2D eigenvalue weighted by atomic mass is 10.3.